The number of amides is 1. The maximum absolute atomic E-state index is 13.2. The van der Waals surface area contributed by atoms with Crippen LogP contribution in [0.15, 0.2) is 35.1 Å². The van der Waals surface area contributed by atoms with Crippen molar-refractivity contribution in [3.05, 3.63) is 47.7 Å². The predicted molar refractivity (Wildman–Crippen MR) is 103 cm³/mol. The van der Waals surface area contributed by atoms with Crippen molar-refractivity contribution in [2.24, 2.45) is 0 Å². The third-order valence-corrected chi connectivity index (χ3v) is 5.04. The average Bonchev–Trinajstić information content (AvgIpc) is 3.23. The van der Waals surface area contributed by atoms with E-state index < -0.39 is 5.54 Å². The van der Waals surface area contributed by atoms with Crippen LogP contribution >= 0.6 is 0 Å². The first-order valence-corrected chi connectivity index (χ1v) is 9.05. The summed E-state index contributed by atoms with van der Waals surface area (Å²) in [5, 5.41) is 7.13. The van der Waals surface area contributed by atoms with E-state index in [9.17, 15) is 4.79 Å². The van der Waals surface area contributed by atoms with Gasteiger partial charge in [-0.15, -0.1) is 0 Å². The van der Waals surface area contributed by atoms with Crippen LogP contribution < -0.4 is 10.6 Å². The zero-order valence-electron chi connectivity index (χ0n) is 16.0. The number of hydrogen-bond acceptors (Lipinski definition) is 6. The Balaban J connectivity index is 1.72. The molecule has 1 aliphatic carbocycles. The fraction of sp³-hybridized carbons (Fsp3) is 0.400. The minimum atomic E-state index is -0.639. The van der Waals surface area contributed by atoms with Crippen molar-refractivity contribution >= 4 is 22.8 Å². The molecule has 4 rings (SSSR count). The first kappa shape index (κ1) is 17.5. The number of pyridine rings is 1. The summed E-state index contributed by atoms with van der Waals surface area (Å²) in [6.45, 7) is 7.75. The van der Waals surface area contributed by atoms with Gasteiger partial charge in [0.1, 0.15) is 17.9 Å². The lowest BCUT2D eigenvalue weighted by Crippen LogP contribution is -2.41. The van der Waals surface area contributed by atoms with Gasteiger partial charge in [0.2, 0.25) is 5.71 Å². The average molecular weight is 365 g/mol. The Kier molecular flexibility index (Phi) is 3.91. The Morgan fingerprint density at radius 2 is 2.00 bits per heavy atom. The fourth-order valence-corrected chi connectivity index (χ4v) is 3.15. The summed E-state index contributed by atoms with van der Waals surface area (Å²) >= 11 is 0. The van der Waals surface area contributed by atoms with E-state index in [1.165, 1.54) is 6.33 Å². The molecule has 0 spiro atoms. The lowest BCUT2D eigenvalue weighted by molar-refractivity contribution is 0.0910. The van der Waals surface area contributed by atoms with Gasteiger partial charge in [-0.3, -0.25) is 9.78 Å². The van der Waals surface area contributed by atoms with E-state index in [1.807, 2.05) is 32.0 Å². The Labute approximate surface area is 157 Å². The van der Waals surface area contributed by atoms with E-state index in [0.29, 0.717) is 28.2 Å². The second-order valence-corrected chi connectivity index (χ2v) is 7.92. The van der Waals surface area contributed by atoms with Crippen LogP contribution in [0.2, 0.25) is 0 Å². The minimum Gasteiger partial charge on any atom is -0.442 e. The monoisotopic (exact) mass is 365 g/mol. The van der Waals surface area contributed by atoms with Crippen LogP contribution in [0.25, 0.3) is 11.1 Å². The van der Waals surface area contributed by atoms with E-state index in [0.717, 1.165) is 18.5 Å². The van der Waals surface area contributed by atoms with Gasteiger partial charge in [0.25, 0.3) is 5.91 Å². The summed E-state index contributed by atoms with van der Waals surface area (Å²) in [7, 11) is 0. The molecule has 0 aliphatic heterocycles. The van der Waals surface area contributed by atoms with Gasteiger partial charge in [-0.05, 0) is 52.7 Å². The maximum Gasteiger partial charge on any atom is 0.256 e. The molecule has 0 bridgehead atoms. The minimum absolute atomic E-state index is 0.0213. The van der Waals surface area contributed by atoms with Crippen LogP contribution in [0.3, 0.4) is 0 Å². The highest BCUT2D eigenvalue weighted by Crippen LogP contribution is 2.40. The second-order valence-electron chi connectivity index (χ2n) is 7.92. The van der Waals surface area contributed by atoms with Gasteiger partial charge in [-0.2, -0.15) is 0 Å². The summed E-state index contributed by atoms with van der Waals surface area (Å²) in [5.41, 5.74) is 1.04. The van der Waals surface area contributed by atoms with Crippen LogP contribution in [-0.2, 0) is 5.54 Å². The molecule has 1 amide bonds. The van der Waals surface area contributed by atoms with Gasteiger partial charge >= 0.3 is 0 Å². The number of carbonyl (C=O) groups is 1. The Morgan fingerprint density at radius 1 is 1.22 bits per heavy atom. The van der Waals surface area contributed by atoms with Crippen LogP contribution in [0.4, 0.5) is 5.82 Å². The van der Waals surface area contributed by atoms with Crippen molar-refractivity contribution in [2.75, 3.05) is 5.32 Å². The van der Waals surface area contributed by atoms with Crippen molar-refractivity contribution in [3.8, 4) is 0 Å². The third kappa shape index (κ3) is 3.25. The number of aromatic nitrogens is 3. The van der Waals surface area contributed by atoms with E-state index >= 15 is 0 Å². The van der Waals surface area contributed by atoms with Gasteiger partial charge in [0, 0.05) is 11.7 Å². The van der Waals surface area contributed by atoms with Crippen molar-refractivity contribution in [2.45, 2.75) is 51.6 Å². The van der Waals surface area contributed by atoms with Crippen LogP contribution in [0.1, 0.15) is 55.4 Å². The molecule has 3 aromatic heterocycles. The summed E-state index contributed by atoms with van der Waals surface area (Å²) in [6.07, 6.45) is 5.32. The fourth-order valence-electron chi connectivity index (χ4n) is 3.15. The molecule has 27 heavy (non-hydrogen) atoms. The largest absolute Gasteiger partial charge is 0.442 e. The van der Waals surface area contributed by atoms with Gasteiger partial charge in [0.15, 0.2) is 0 Å². The molecule has 3 heterocycles. The van der Waals surface area contributed by atoms with Crippen molar-refractivity contribution in [1.29, 1.82) is 0 Å². The number of nitrogens with zero attached hydrogens (tertiary/aromatic N) is 3. The molecule has 7 heteroatoms. The molecule has 0 atom stereocenters. The quantitative estimate of drug-likeness (QED) is 0.718. The number of hydrogen-bond donors (Lipinski definition) is 2. The number of aryl methyl sites for hydroxylation is 1. The molecule has 0 unspecified atom stereocenters. The second kappa shape index (κ2) is 6.04. The molecule has 1 fully saturated rings. The highest BCUT2D eigenvalue weighted by atomic mass is 16.3. The maximum atomic E-state index is 13.2. The highest BCUT2D eigenvalue weighted by molar-refractivity contribution is 6.10. The number of rotatable bonds is 5. The van der Waals surface area contributed by atoms with Crippen molar-refractivity contribution in [3.63, 3.8) is 0 Å². The van der Waals surface area contributed by atoms with Gasteiger partial charge in [-0.25, -0.2) is 9.97 Å². The normalized spacial score (nSPS) is 15.6. The zero-order chi connectivity index (χ0) is 19.2. The molecule has 0 radical (unpaired) electrons. The number of anilines is 1. The van der Waals surface area contributed by atoms with Crippen LogP contribution in [0, 0.1) is 6.92 Å². The van der Waals surface area contributed by atoms with Crippen molar-refractivity contribution < 1.29 is 9.21 Å². The Morgan fingerprint density at radius 3 is 2.67 bits per heavy atom. The number of fused-ring (bicyclic) bond motifs is 1. The Bertz CT molecular complexity index is 1010. The van der Waals surface area contributed by atoms with E-state index in [-0.39, 0.29) is 11.4 Å². The Hall–Kier alpha value is -2.96. The molecule has 1 saturated carbocycles. The topological polar surface area (TPSA) is 92.9 Å². The molecule has 3 aromatic rings. The summed E-state index contributed by atoms with van der Waals surface area (Å²) in [4.78, 5) is 26.1. The molecule has 1 aliphatic rings. The van der Waals surface area contributed by atoms with Gasteiger partial charge in [0.05, 0.1) is 22.2 Å². The molecular weight excluding hydrogens is 342 g/mol. The molecular formula is C20H23N5O2. The summed E-state index contributed by atoms with van der Waals surface area (Å²) in [6, 6.07) is 5.65. The molecule has 0 aromatic carbocycles. The lowest BCUT2D eigenvalue weighted by atomic mass is 9.98. The molecule has 2 N–H and O–H groups in total. The van der Waals surface area contributed by atoms with E-state index in [1.54, 1.807) is 13.1 Å². The van der Waals surface area contributed by atoms with Gasteiger partial charge < -0.3 is 15.1 Å². The smallest absolute Gasteiger partial charge is 0.256 e. The number of carbonyl (C=O) groups excluding carboxylic acids is 1. The first-order chi connectivity index (χ1) is 12.8. The predicted octanol–water partition coefficient (Wildman–Crippen LogP) is 3.56. The molecule has 0 saturated heterocycles. The standard InChI is InChI=1S/C20H23N5O2/c1-12-14(17(26)25-19(2,3)13-7-5-6-10-21-13)15-16(24-20(4)8-9-20)22-11-23-18(15)27-12/h5-7,10-11H,8-9H2,1-4H3,(H,25,26)(H,22,23,24). The van der Waals surface area contributed by atoms with Crippen LogP contribution in [-0.4, -0.2) is 26.4 Å². The number of nitrogens with one attached hydrogen (secondary N) is 2. The van der Waals surface area contributed by atoms with E-state index in [4.69, 9.17) is 4.42 Å². The first-order valence-electron chi connectivity index (χ1n) is 9.05. The summed E-state index contributed by atoms with van der Waals surface area (Å²) in [5.74, 6) is 0.919. The van der Waals surface area contributed by atoms with Crippen molar-refractivity contribution in [1.82, 2.24) is 20.3 Å². The molecule has 7 nitrogen and oxygen atoms in total. The van der Waals surface area contributed by atoms with Gasteiger partial charge in [-0.1, -0.05) is 6.07 Å². The zero-order valence-corrected chi connectivity index (χ0v) is 16.0. The lowest BCUT2D eigenvalue weighted by Gasteiger charge is -2.25. The SMILES string of the molecule is Cc1oc2ncnc(NC3(C)CC3)c2c1C(=O)NC(C)(C)c1ccccn1. The summed E-state index contributed by atoms with van der Waals surface area (Å²) < 4.78 is 5.75. The highest BCUT2D eigenvalue weighted by Gasteiger charge is 2.39. The molecule has 140 valence electrons. The number of furan rings is 1. The third-order valence-electron chi connectivity index (χ3n) is 5.04. The van der Waals surface area contributed by atoms with Crippen LogP contribution in [0.5, 0.6) is 0 Å². The van der Waals surface area contributed by atoms with E-state index in [2.05, 4.69) is 32.5 Å².